The first-order chi connectivity index (χ1) is 12.1. The summed E-state index contributed by atoms with van der Waals surface area (Å²) in [4.78, 5) is 14.2. The largest absolute Gasteiger partial charge is 0.327 e. The van der Waals surface area contributed by atoms with Crippen molar-refractivity contribution in [3.63, 3.8) is 0 Å². The van der Waals surface area contributed by atoms with Crippen LogP contribution in [0.15, 0.2) is 72.4 Å². The van der Waals surface area contributed by atoms with Gasteiger partial charge in [0, 0.05) is 5.02 Å². The van der Waals surface area contributed by atoms with E-state index in [1.165, 1.54) is 4.90 Å². The van der Waals surface area contributed by atoms with Crippen LogP contribution in [0.5, 0.6) is 0 Å². The van der Waals surface area contributed by atoms with Crippen LogP contribution in [-0.4, -0.2) is 11.0 Å². The molecule has 0 atom stereocenters. The summed E-state index contributed by atoms with van der Waals surface area (Å²) in [7, 11) is 0. The Morgan fingerprint density at radius 3 is 2.44 bits per heavy atom. The Kier molecular flexibility index (Phi) is 3.99. The molecular weight excluding hydrogens is 352 g/mol. The van der Waals surface area contributed by atoms with Gasteiger partial charge in [0.1, 0.15) is 5.70 Å². The van der Waals surface area contributed by atoms with Gasteiger partial charge in [0.25, 0.3) is 5.91 Å². The molecule has 3 aromatic rings. The van der Waals surface area contributed by atoms with E-state index in [1.807, 2.05) is 42.5 Å². The van der Waals surface area contributed by atoms with Gasteiger partial charge in [0.05, 0.1) is 5.69 Å². The molecular formula is C20H13ClN2OS. The standard InChI is InChI=1S/C20H13ClN2OS/c21-16-7-9-17(10-8-16)23-19(24)18(22-20(23)25)12-13-5-6-14-3-1-2-4-15(14)11-13/h1-12H,(H,22,25)/b18-12-. The Morgan fingerprint density at radius 1 is 0.960 bits per heavy atom. The molecule has 0 aliphatic carbocycles. The number of thiocarbonyl (C=S) groups is 1. The van der Waals surface area contributed by atoms with Crippen LogP contribution in [-0.2, 0) is 4.79 Å². The molecule has 122 valence electrons. The topological polar surface area (TPSA) is 32.3 Å². The molecule has 0 radical (unpaired) electrons. The van der Waals surface area contributed by atoms with E-state index in [-0.39, 0.29) is 5.91 Å². The molecule has 0 unspecified atom stereocenters. The number of anilines is 1. The monoisotopic (exact) mass is 364 g/mol. The Bertz CT molecular complexity index is 1030. The van der Waals surface area contributed by atoms with Gasteiger partial charge in [-0.15, -0.1) is 0 Å². The van der Waals surface area contributed by atoms with Gasteiger partial charge in [-0.2, -0.15) is 0 Å². The molecule has 1 heterocycles. The third kappa shape index (κ3) is 3.02. The molecule has 1 amide bonds. The Balaban J connectivity index is 1.68. The van der Waals surface area contributed by atoms with Crippen molar-refractivity contribution in [2.75, 3.05) is 4.90 Å². The molecule has 25 heavy (non-hydrogen) atoms. The maximum absolute atomic E-state index is 12.7. The number of hydrogen-bond donors (Lipinski definition) is 1. The van der Waals surface area contributed by atoms with Crippen molar-refractivity contribution < 1.29 is 4.79 Å². The number of carbonyl (C=O) groups is 1. The summed E-state index contributed by atoms with van der Waals surface area (Å²) in [5.41, 5.74) is 2.08. The number of nitrogens with one attached hydrogen (secondary N) is 1. The molecule has 1 aliphatic rings. The molecule has 3 nitrogen and oxygen atoms in total. The van der Waals surface area contributed by atoms with Crippen molar-refractivity contribution in [1.29, 1.82) is 0 Å². The minimum absolute atomic E-state index is 0.180. The molecule has 1 fully saturated rings. The summed E-state index contributed by atoms with van der Waals surface area (Å²) >= 11 is 11.2. The van der Waals surface area contributed by atoms with Crippen LogP contribution in [0, 0.1) is 0 Å². The first-order valence-corrected chi connectivity index (χ1v) is 8.52. The van der Waals surface area contributed by atoms with Crippen molar-refractivity contribution in [3.05, 3.63) is 83.0 Å². The van der Waals surface area contributed by atoms with Crippen molar-refractivity contribution in [2.45, 2.75) is 0 Å². The normalized spacial score (nSPS) is 15.9. The Morgan fingerprint density at radius 2 is 1.68 bits per heavy atom. The van der Waals surface area contributed by atoms with Gasteiger partial charge in [-0.3, -0.25) is 9.69 Å². The lowest BCUT2D eigenvalue weighted by atomic mass is 10.1. The molecule has 0 spiro atoms. The lowest BCUT2D eigenvalue weighted by Crippen LogP contribution is -2.30. The molecule has 0 bridgehead atoms. The maximum Gasteiger partial charge on any atom is 0.281 e. The van der Waals surface area contributed by atoms with Gasteiger partial charge in [-0.1, -0.05) is 48.0 Å². The van der Waals surface area contributed by atoms with Crippen LogP contribution in [0.25, 0.3) is 16.8 Å². The number of benzene rings is 3. The highest BCUT2D eigenvalue weighted by atomic mass is 35.5. The van der Waals surface area contributed by atoms with Gasteiger partial charge in [-0.05, 0) is 65.0 Å². The predicted molar refractivity (Wildman–Crippen MR) is 107 cm³/mol. The fourth-order valence-electron chi connectivity index (χ4n) is 2.82. The molecule has 4 rings (SSSR count). The summed E-state index contributed by atoms with van der Waals surface area (Å²) in [6.07, 6.45) is 1.82. The zero-order valence-corrected chi connectivity index (χ0v) is 14.6. The number of carbonyl (C=O) groups excluding carboxylic acids is 1. The molecule has 1 N–H and O–H groups in total. The van der Waals surface area contributed by atoms with Crippen LogP contribution < -0.4 is 10.2 Å². The lowest BCUT2D eigenvalue weighted by Gasteiger charge is -2.13. The van der Waals surface area contributed by atoms with Crippen molar-refractivity contribution in [1.82, 2.24) is 5.32 Å². The summed E-state index contributed by atoms with van der Waals surface area (Å²) in [6, 6.07) is 21.2. The number of hydrogen-bond acceptors (Lipinski definition) is 2. The molecule has 0 aromatic heterocycles. The average molecular weight is 365 g/mol. The predicted octanol–water partition coefficient (Wildman–Crippen LogP) is 4.76. The Labute approximate surface area is 155 Å². The number of nitrogens with zero attached hydrogens (tertiary/aromatic N) is 1. The Hall–Kier alpha value is -2.69. The first-order valence-electron chi connectivity index (χ1n) is 7.73. The smallest absolute Gasteiger partial charge is 0.281 e. The highest BCUT2D eigenvalue weighted by Gasteiger charge is 2.31. The van der Waals surface area contributed by atoms with E-state index in [4.69, 9.17) is 23.8 Å². The number of amides is 1. The van der Waals surface area contributed by atoms with Crippen molar-refractivity contribution in [3.8, 4) is 0 Å². The minimum atomic E-state index is -0.180. The fourth-order valence-corrected chi connectivity index (χ4v) is 3.25. The van der Waals surface area contributed by atoms with E-state index in [9.17, 15) is 4.79 Å². The van der Waals surface area contributed by atoms with E-state index in [1.54, 1.807) is 24.3 Å². The van der Waals surface area contributed by atoms with Crippen LogP contribution in [0.4, 0.5) is 5.69 Å². The highest BCUT2D eigenvalue weighted by molar-refractivity contribution is 7.80. The number of fused-ring (bicyclic) bond motifs is 1. The van der Waals surface area contributed by atoms with Crippen LogP contribution in [0.3, 0.4) is 0 Å². The zero-order valence-electron chi connectivity index (χ0n) is 13.1. The van der Waals surface area contributed by atoms with E-state index in [0.29, 0.717) is 21.5 Å². The quantitative estimate of drug-likeness (QED) is 0.526. The summed E-state index contributed by atoms with van der Waals surface area (Å²) < 4.78 is 0. The van der Waals surface area contributed by atoms with Gasteiger partial charge in [0.2, 0.25) is 0 Å². The maximum atomic E-state index is 12.7. The van der Waals surface area contributed by atoms with Crippen LogP contribution in [0.2, 0.25) is 5.02 Å². The van der Waals surface area contributed by atoms with Gasteiger partial charge in [-0.25, -0.2) is 0 Å². The van der Waals surface area contributed by atoms with Crippen LogP contribution >= 0.6 is 23.8 Å². The average Bonchev–Trinajstić information content (AvgIpc) is 2.89. The lowest BCUT2D eigenvalue weighted by molar-refractivity contribution is -0.113. The number of rotatable bonds is 2. The summed E-state index contributed by atoms with van der Waals surface area (Å²) in [5.74, 6) is -0.180. The second kappa shape index (κ2) is 6.31. The minimum Gasteiger partial charge on any atom is -0.327 e. The highest BCUT2D eigenvalue weighted by Crippen LogP contribution is 2.25. The SMILES string of the molecule is O=C1/C(=C/c2ccc3ccccc3c2)NC(=S)N1c1ccc(Cl)cc1. The fraction of sp³-hybridized carbons (Fsp3) is 0. The van der Waals surface area contributed by atoms with Gasteiger partial charge in [0.15, 0.2) is 5.11 Å². The molecule has 1 aliphatic heterocycles. The second-order valence-electron chi connectivity index (χ2n) is 5.71. The van der Waals surface area contributed by atoms with Crippen LogP contribution in [0.1, 0.15) is 5.56 Å². The third-order valence-corrected chi connectivity index (χ3v) is 4.58. The van der Waals surface area contributed by atoms with Gasteiger partial charge >= 0.3 is 0 Å². The summed E-state index contributed by atoms with van der Waals surface area (Å²) in [5, 5.41) is 6.26. The van der Waals surface area contributed by atoms with E-state index < -0.39 is 0 Å². The molecule has 0 saturated carbocycles. The third-order valence-electron chi connectivity index (χ3n) is 4.05. The van der Waals surface area contributed by atoms with E-state index in [0.717, 1.165) is 16.3 Å². The molecule has 3 aromatic carbocycles. The van der Waals surface area contributed by atoms with Gasteiger partial charge < -0.3 is 5.32 Å². The first kappa shape index (κ1) is 15.8. The van der Waals surface area contributed by atoms with Crippen molar-refractivity contribution >= 4 is 57.4 Å². The molecule has 1 saturated heterocycles. The molecule has 5 heteroatoms. The van der Waals surface area contributed by atoms with Crippen molar-refractivity contribution in [2.24, 2.45) is 0 Å². The van der Waals surface area contributed by atoms with E-state index in [2.05, 4.69) is 11.4 Å². The second-order valence-corrected chi connectivity index (χ2v) is 6.53. The number of halogens is 1. The van der Waals surface area contributed by atoms with E-state index >= 15 is 0 Å². The summed E-state index contributed by atoms with van der Waals surface area (Å²) in [6.45, 7) is 0. The zero-order chi connectivity index (χ0) is 17.4.